The molecule has 2 aromatic rings. The number of likely N-dealkylation sites (N-methyl/N-ethyl adjacent to an activating group) is 1. The summed E-state index contributed by atoms with van der Waals surface area (Å²) in [5, 5.41) is 0. The zero-order valence-corrected chi connectivity index (χ0v) is 17.9. The SMILES string of the molecule is CCN(C(=O)COC(=O)[C@H](CC(C)C)N1C(=O)c2ccccc2C1=O)c1ccccc1. The van der Waals surface area contributed by atoms with Gasteiger partial charge in [0.25, 0.3) is 17.7 Å². The van der Waals surface area contributed by atoms with Crippen molar-refractivity contribution in [2.24, 2.45) is 5.92 Å². The molecule has 7 nitrogen and oxygen atoms in total. The molecule has 1 atom stereocenters. The summed E-state index contributed by atoms with van der Waals surface area (Å²) in [6, 6.07) is 14.5. The Hall–Kier alpha value is -3.48. The highest BCUT2D eigenvalue weighted by Crippen LogP contribution is 2.27. The molecule has 0 aliphatic carbocycles. The molecule has 0 spiro atoms. The van der Waals surface area contributed by atoms with Crippen LogP contribution in [-0.4, -0.2) is 47.8 Å². The highest BCUT2D eigenvalue weighted by atomic mass is 16.5. The molecule has 162 valence electrons. The molecule has 0 saturated heterocycles. The lowest BCUT2D eigenvalue weighted by Crippen LogP contribution is -2.47. The molecule has 3 rings (SSSR count). The monoisotopic (exact) mass is 422 g/mol. The standard InChI is InChI=1S/C24H26N2O5/c1-4-25(17-10-6-5-7-11-17)21(27)15-31-24(30)20(14-16(2)3)26-22(28)18-12-8-9-13-19(18)23(26)29/h5-13,16,20H,4,14-15H2,1-3H3/t20-/m0/s1. The number of anilines is 1. The molecule has 1 heterocycles. The second-order valence-electron chi connectivity index (χ2n) is 7.75. The van der Waals surface area contributed by atoms with Crippen molar-refractivity contribution < 1.29 is 23.9 Å². The van der Waals surface area contributed by atoms with E-state index in [9.17, 15) is 19.2 Å². The maximum absolute atomic E-state index is 12.9. The quantitative estimate of drug-likeness (QED) is 0.481. The largest absolute Gasteiger partial charge is 0.454 e. The van der Waals surface area contributed by atoms with Crippen molar-refractivity contribution in [3.05, 3.63) is 65.7 Å². The fraction of sp³-hybridized carbons (Fsp3) is 0.333. The smallest absolute Gasteiger partial charge is 0.329 e. The second kappa shape index (κ2) is 9.55. The molecule has 31 heavy (non-hydrogen) atoms. The van der Waals surface area contributed by atoms with Crippen molar-refractivity contribution in [3.63, 3.8) is 0 Å². The third kappa shape index (κ3) is 4.66. The van der Waals surface area contributed by atoms with Gasteiger partial charge in [-0.3, -0.25) is 19.3 Å². The average Bonchev–Trinajstić information content (AvgIpc) is 3.02. The molecule has 0 fully saturated rings. The Bertz CT molecular complexity index is 951. The first-order valence-corrected chi connectivity index (χ1v) is 10.3. The minimum Gasteiger partial charge on any atom is -0.454 e. The van der Waals surface area contributed by atoms with Crippen LogP contribution in [0.2, 0.25) is 0 Å². The third-order valence-corrected chi connectivity index (χ3v) is 5.13. The number of rotatable bonds is 8. The predicted octanol–water partition coefficient (Wildman–Crippen LogP) is 3.29. The van der Waals surface area contributed by atoms with Gasteiger partial charge in [0.15, 0.2) is 6.61 Å². The predicted molar refractivity (Wildman–Crippen MR) is 116 cm³/mol. The first kappa shape index (κ1) is 22.2. The van der Waals surface area contributed by atoms with Gasteiger partial charge in [0.1, 0.15) is 6.04 Å². The Morgan fingerprint density at radius 1 is 0.935 bits per heavy atom. The van der Waals surface area contributed by atoms with E-state index in [0.29, 0.717) is 12.2 Å². The van der Waals surface area contributed by atoms with E-state index >= 15 is 0 Å². The topological polar surface area (TPSA) is 84.0 Å². The van der Waals surface area contributed by atoms with E-state index in [1.165, 1.54) is 4.90 Å². The van der Waals surface area contributed by atoms with E-state index in [-0.39, 0.29) is 29.4 Å². The number of nitrogens with zero attached hydrogens (tertiary/aromatic N) is 2. The molecule has 0 unspecified atom stereocenters. The highest BCUT2D eigenvalue weighted by Gasteiger charge is 2.43. The van der Waals surface area contributed by atoms with Crippen molar-refractivity contribution >= 4 is 29.4 Å². The molecular weight excluding hydrogens is 396 g/mol. The van der Waals surface area contributed by atoms with Crippen molar-refractivity contribution in [1.29, 1.82) is 0 Å². The summed E-state index contributed by atoms with van der Waals surface area (Å²) >= 11 is 0. The fourth-order valence-electron chi connectivity index (χ4n) is 3.66. The molecule has 3 amide bonds. The van der Waals surface area contributed by atoms with Crippen molar-refractivity contribution in [1.82, 2.24) is 4.90 Å². The van der Waals surface area contributed by atoms with Gasteiger partial charge in [0.05, 0.1) is 11.1 Å². The van der Waals surface area contributed by atoms with Gasteiger partial charge in [-0.05, 0) is 43.5 Å². The minimum atomic E-state index is -1.09. The van der Waals surface area contributed by atoms with Crippen LogP contribution in [0.5, 0.6) is 0 Å². The number of benzene rings is 2. The number of imide groups is 1. The number of carbonyl (C=O) groups is 4. The number of hydrogen-bond acceptors (Lipinski definition) is 5. The third-order valence-electron chi connectivity index (χ3n) is 5.13. The van der Waals surface area contributed by atoms with E-state index in [1.807, 2.05) is 39.0 Å². The number of carbonyl (C=O) groups excluding carboxylic acids is 4. The van der Waals surface area contributed by atoms with Crippen LogP contribution in [0.15, 0.2) is 54.6 Å². The van der Waals surface area contributed by atoms with E-state index < -0.39 is 30.4 Å². The molecule has 1 aliphatic heterocycles. The summed E-state index contributed by atoms with van der Waals surface area (Å²) in [5.41, 5.74) is 1.24. The van der Waals surface area contributed by atoms with Crippen LogP contribution in [-0.2, 0) is 14.3 Å². The maximum atomic E-state index is 12.9. The second-order valence-corrected chi connectivity index (χ2v) is 7.75. The molecule has 7 heteroatoms. The van der Waals surface area contributed by atoms with Gasteiger partial charge >= 0.3 is 5.97 Å². The van der Waals surface area contributed by atoms with E-state index in [1.54, 1.807) is 36.4 Å². The molecule has 0 radical (unpaired) electrons. The number of hydrogen-bond donors (Lipinski definition) is 0. The molecule has 0 aromatic heterocycles. The summed E-state index contributed by atoms with van der Waals surface area (Å²) in [7, 11) is 0. The minimum absolute atomic E-state index is 0.0222. The first-order chi connectivity index (χ1) is 14.8. The van der Waals surface area contributed by atoms with Crippen LogP contribution in [0, 0.1) is 5.92 Å². The van der Waals surface area contributed by atoms with Gasteiger partial charge < -0.3 is 9.64 Å². The maximum Gasteiger partial charge on any atom is 0.329 e. The fourth-order valence-corrected chi connectivity index (χ4v) is 3.66. The summed E-state index contributed by atoms with van der Waals surface area (Å²) in [5.74, 6) is -2.16. The van der Waals surface area contributed by atoms with Gasteiger partial charge in [0, 0.05) is 12.2 Å². The normalized spacial score (nSPS) is 13.9. The number of ether oxygens (including phenoxy) is 1. The number of esters is 1. The lowest BCUT2D eigenvalue weighted by Gasteiger charge is -2.26. The van der Waals surface area contributed by atoms with E-state index in [2.05, 4.69) is 0 Å². The highest BCUT2D eigenvalue weighted by molar-refractivity contribution is 6.22. The molecule has 0 bridgehead atoms. The Morgan fingerprint density at radius 3 is 2.00 bits per heavy atom. The number of fused-ring (bicyclic) bond motifs is 1. The van der Waals surface area contributed by atoms with Gasteiger partial charge in [-0.25, -0.2) is 4.79 Å². The summed E-state index contributed by atoms with van der Waals surface area (Å²) in [6.45, 7) is 5.54. The Labute approximate surface area is 181 Å². The number of amides is 3. The zero-order valence-electron chi connectivity index (χ0n) is 17.9. The lowest BCUT2D eigenvalue weighted by molar-refractivity contribution is -0.152. The summed E-state index contributed by atoms with van der Waals surface area (Å²) in [4.78, 5) is 53.7. The van der Waals surface area contributed by atoms with E-state index in [0.717, 1.165) is 4.90 Å². The summed E-state index contributed by atoms with van der Waals surface area (Å²) in [6.07, 6.45) is 0.245. The van der Waals surface area contributed by atoms with Crippen LogP contribution < -0.4 is 4.90 Å². The van der Waals surface area contributed by atoms with Crippen LogP contribution in [0.1, 0.15) is 47.9 Å². The number of para-hydroxylation sites is 1. The molecule has 2 aromatic carbocycles. The molecule has 0 saturated carbocycles. The molecular formula is C24H26N2O5. The first-order valence-electron chi connectivity index (χ1n) is 10.3. The van der Waals surface area contributed by atoms with Gasteiger partial charge in [-0.1, -0.05) is 44.2 Å². The lowest BCUT2D eigenvalue weighted by atomic mass is 10.0. The molecule has 0 N–H and O–H groups in total. The van der Waals surface area contributed by atoms with Crippen LogP contribution in [0.25, 0.3) is 0 Å². The van der Waals surface area contributed by atoms with Crippen molar-refractivity contribution in [2.45, 2.75) is 33.2 Å². The molecule has 1 aliphatic rings. The van der Waals surface area contributed by atoms with Crippen LogP contribution >= 0.6 is 0 Å². The summed E-state index contributed by atoms with van der Waals surface area (Å²) < 4.78 is 5.30. The Balaban J connectivity index is 1.75. The Kier molecular flexibility index (Phi) is 6.84. The average molecular weight is 422 g/mol. The van der Waals surface area contributed by atoms with Crippen molar-refractivity contribution in [2.75, 3.05) is 18.1 Å². The Morgan fingerprint density at radius 2 is 1.48 bits per heavy atom. The van der Waals surface area contributed by atoms with Gasteiger partial charge in [-0.15, -0.1) is 0 Å². The van der Waals surface area contributed by atoms with Crippen LogP contribution in [0.4, 0.5) is 5.69 Å². The zero-order chi connectivity index (χ0) is 22.5. The van der Waals surface area contributed by atoms with Gasteiger partial charge in [0.2, 0.25) is 0 Å². The van der Waals surface area contributed by atoms with Gasteiger partial charge in [-0.2, -0.15) is 0 Å². The van der Waals surface area contributed by atoms with Crippen LogP contribution in [0.3, 0.4) is 0 Å². The van der Waals surface area contributed by atoms with Crippen molar-refractivity contribution in [3.8, 4) is 0 Å². The van der Waals surface area contributed by atoms with E-state index in [4.69, 9.17) is 4.74 Å².